The van der Waals surface area contributed by atoms with Gasteiger partial charge in [-0.15, -0.1) is 0 Å². The van der Waals surface area contributed by atoms with Crippen molar-refractivity contribution in [3.05, 3.63) is 35.5 Å². The summed E-state index contributed by atoms with van der Waals surface area (Å²) in [7, 11) is 0. The van der Waals surface area contributed by atoms with E-state index in [-0.39, 0.29) is 5.56 Å². The fourth-order valence-electron chi connectivity index (χ4n) is 2.28. The molecular formula is C15H15N3O3. The Balaban J connectivity index is 2.20. The largest absolute Gasteiger partial charge is 0.478 e. The molecule has 6 heteroatoms. The fourth-order valence-corrected chi connectivity index (χ4v) is 2.28. The monoisotopic (exact) mass is 285 g/mol. The van der Waals surface area contributed by atoms with Gasteiger partial charge in [0.15, 0.2) is 5.58 Å². The van der Waals surface area contributed by atoms with Crippen LogP contribution in [-0.2, 0) is 13.0 Å². The molecule has 0 unspecified atom stereocenters. The Bertz CT molecular complexity index is 817. The molecule has 2 heterocycles. The molecule has 0 spiro atoms. The summed E-state index contributed by atoms with van der Waals surface area (Å²) in [4.78, 5) is 15.6. The zero-order valence-corrected chi connectivity index (χ0v) is 11.8. The molecule has 0 aliphatic carbocycles. The lowest BCUT2D eigenvalue weighted by atomic mass is 10.2. The molecule has 3 rings (SSSR count). The lowest BCUT2D eigenvalue weighted by molar-refractivity contribution is 0.0698. The molecule has 108 valence electrons. The highest BCUT2D eigenvalue weighted by molar-refractivity contribution is 6.00. The highest BCUT2D eigenvalue weighted by atomic mass is 16.4. The van der Waals surface area contributed by atoms with Crippen molar-refractivity contribution in [2.24, 2.45) is 0 Å². The van der Waals surface area contributed by atoms with E-state index < -0.39 is 5.97 Å². The number of hydrogen-bond donors (Lipinski definition) is 1. The number of benzene rings is 1. The number of aromatic carboxylic acids is 1. The Morgan fingerprint density at radius 1 is 1.38 bits per heavy atom. The summed E-state index contributed by atoms with van der Waals surface area (Å²) in [5, 5.41) is 13.7. The van der Waals surface area contributed by atoms with E-state index in [4.69, 9.17) is 4.42 Å². The predicted molar refractivity (Wildman–Crippen MR) is 77.2 cm³/mol. The lowest BCUT2D eigenvalue weighted by Gasteiger charge is -1.99. The summed E-state index contributed by atoms with van der Waals surface area (Å²) >= 11 is 0. The number of hydrogen-bond acceptors (Lipinski definition) is 4. The van der Waals surface area contributed by atoms with Gasteiger partial charge < -0.3 is 9.52 Å². The molecule has 0 saturated heterocycles. The van der Waals surface area contributed by atoms with Crippen LogP contribution in [0.2, 0.25) is 0 Å². The summed E-state index contributed by atoms with van der Waals surface area (Å²) in [5.41, 5.74) is 2.66. The zero-order chi connectivity index (χ0) is 15.0. The van der Waals surface area contributed by atoms with Gasteiger partial charge in [0.2, 0.25) is 5.89 Å². The highest BCUT2D eigenvalue weighted by Crippen LogP contribution is 2.27. The standard InChI is InChI=1S/C15H15N3O3/c1-3-9-8-12(18(4-2)17-9)14-16-11-7-5-6-10(15(19)20)13(11)21-14/h5-8H,3-4H2,1-2H3,(H,19,20). The summed E-state index contributed by atoms with van der Waals surface area (Å²) < 4.78 is 7.50. The fraction of sp³-hybridized carbons (Fsp3) is 0.267. The van der Waals surface area contributed by atoms with Gasteiger partial charge in [0.05, 0.1) is 5.69 Å². The van der Waals surface area contributed by atoms with Crippen molar-refractivity contribution in [1.29, 1.82) is 0 Å². The first-order valence-electron chi connectivity index (χ1n) is 6.84. The highest BCUT2D eigenvalue weighted by Gasteiger charge is 2.18. The van der Waals surface area contributed by atoms with Crippen molar-refractivity contribution >= 4 is 17.1 Å². The van der Waals surface area contributed by atoms with Crippen LogP contribution >= 0.6 is 0 Å². The van der Waals surface area contributed by atoms with Crippen LogP contribution in [0.3, 0.4) is 0 Å². The van der Waals surface area contributed by atoms with Crippen LogP contribution in [0, 0.1) is 0 Å². The molecule has 0 saturated carbocycles. The second kappa shape index (κ2) is 5.05. The van der Waals surface area contributed by atoms with Crippen molar-refractivity contribution in [2.45, 2.75) is 26.8 Å². The number of carbonyl (C=O) groups is 1. The van der Waals surface area contributed by atoms with Crippen LogP contribution in [0.1, 0.15) is 29.9 Å². The first kappa shape index (κ1) is 13.4. The van der Waals surface area contributed by atoms with Crippen LogP contribution < -0.4 is 0 Å². The lowest BCUT2D eigenvalue weighted by Crippen LogP contribution is -1.99. The van der Waals surface area contributed by atoms with Crippen LogP contribution in [-0.4, -0.2) is 25.8 Å². The van der Waals surface area contributed by atoms with Crippen molar-refractivity contribution in [3.8, 4) is 11.6 Å². The van der Waals surface area contributed by atoms with Crippen molar-refractivity contribution in [3.63, 3.8) is 0 Å². The predicted octanol–water partition coefficient (Wildman–Crippen LogP) is 2.97. The maximum Gasteiger partial charge on any atom is 0.339 e. The second-order valence-corrected chi connectivity index (χ2v) is 4.67. The normalized spacial score (nSPS) is 11.1. The molecule has 2 aromatic heterocycles. The van der Waals surface area contributed by atoms with Gasteiger partial charge in [0.1, 0.15) is 16.8 Å². The van der Waals surface area contributed by atoms with Crippen molar-refractivity contribution in [2.75, 3.05) is 0 Å². The van der Waals surface area contributed by atoms with Gasteiger partial charge in [-0.3, -0.25) is 4.68 Å². The molecule has 0 amide bonds. The minimum absolute atomic E-state index is 0.115. The summed E-state index contributed by atoms with van der Waals surface area (Å²) in [6.45, 7) is 4.71. The first-order valence-corrected chi connectivity index (χ1v) is 6.84. The zero-order valence-electron chi connectivity index (χ0n) is 11.8. The van der Waals surface area contributed by atoms with Crippen molar-refractivity contribution in [1.82, 2.24) is 14.8 Å². The van der Waals surface area contributed by atoms with E-state index in [0.717, 1.165) is 17.8 Å². The van der Waals surface area contributed by atoms with Gasteiger partial charge in [-0.05, 0) is 31.5 Å². The number of aryl methyl sites for hydroxylation is 2. The van der Waals surface area contributed by atoms with E-state index in [1.807, 2.05) is 24.6 Å². The Labute approximate surface area is 121 Å². The van der Waals surface area contributed by atoms with Crippen LogP contribution in [0.25, 0.3) is 22.7 Å². The molecule has 1 N–H and O–H groups in total. The third-order valence-corrected chi connectivity index (χ3v) is 3.36. The van der Waals surface area contributed by atoms with E-state index in [9.17, 15) is 9.90 Å². The average Bonchev–Trinajstić information content (AvgIpc) is 3.09. The maximum absolute atomic E-state index is 11.2. The Morgan fingerprint density at radius 2 is 2.19 bits per heavy atom. The SMILES string of the molecule is CCc1cc(-c2nc3cccc(C(=O)O)c3o2)n(CC)n1. The maximum atomic E-state index is 11.2. The van der Waals surface area contributed by atoms with Gasteiger partial charge in [-0.2, -0.15) is 5.10 Å². The third-order valence-electron chi connectivity index (χ3n) is 3.36. The molecule has 1 aromatic carbocycles. The number of nitrogens with zero attached hydrogens (tertiary/aromatic N) is 3. The molecule has 0 atom stereocenters. The van der Waals surface area contributed by atoms with E-state index >= 15 is 0 Å². The summed E-state index contributed by atoms with van der Waals surface area (Å²) in [6.07, 6.45) is 0.820. The summed E-state index contributed by atoms with van der Waals surface area (Å²) in [5.74, 6) is -0.630. The minimum atomic E-state index is -1.03. The van der Waals surface area contributed by atoms with E-state index in [1.54, 1.807) is 12.1 Å². The van der Waals surface area contributed by atoms with Gasteiger partial charge in [0.25, 0.3) is 0 Å². The molecule has 0 aliphatic heterocycles. The minimum Gasteiger partial charge on any atom is -0.478 e. The number of oxazole rings is 1. The van der Waals surface area contributed by atoms with Gasteiger partial charge in [-0.1, -0.05) is 13.0 Å². The number of para-hydroxylation sites is 1. The van der Waals surface area contributed by atoms with Crippen LogP contribution in [0.15, 0.2) is 28.7 Å². The molecule has 0 aliphatic rings. The number of carboxylic acid groups (broad SMARTS) is 1. The first-order chi connectivity index (χ1) is 10.1. The molecule has 6 nitrogen and oxygen atoms in total. The molecule has 21 heavy (non-hydrogen) atoms. The van der Waals surface area contributed by atoms with Crippen LogP contribution in [0.5, 0.6) is 0 Å². The van der Waals surface area contributed by atoms with Crippen LogP contribution in [0.4, 0.5) is 0 Å². The number of carboxylic acids is 1. The Hall–Kier alpha value is -2.63. The van der Waals surface area contributed by atoms with E-state index in [1.165, 1.54) is 6.07 Å². The van der Waals surface area contributed by atoms with Crippen molar-refractivity contribution < 1.29 is 14.3 Å². The van der Waals surface area contributed by atoms with Gasteiger partial charge >= 0.3 is 5.97 Å². The molecule has 0 bridgehead atoms. The van der Waals surface area contributed by atoms with E-state index in [0.29, 0.717) is 23.5 Å². The average molecular weight is 285 g/mol. The molecular weight excluding hydrogens is 270 g/mol. The van der Waals surface area contributed by atoms with E-state index in [2.05, 4.69) is 10.1 Å². The summed E-state index contributed by atoms with van der Waals surface area (Å²) in [6, 6.07) is 6.83. The Kier molecular flexibility index (Phi) is 3.21. The number of rotatable bonds is 4. The smallest absolute Gasteiger partial charge is 0.339 e. The van der Waals surface area contributed by atoms with Gasteiger partial charge in [0, 0.05) is 6.54 Å². The number of fused-ring (bicyclic) bond motifs is 1. The van der Waals surface area contributed by atoms with Gasteiger partial charge in [-0.25, -0.2) is 9.78 Å². The topological polar surface area (TPSA) is 81.1 Å². The third kappa shape index (κ3) is 2.18. The number of aromatic nitrogens is 3. The second-order valence-electron chi connectivity index (χ2n) is 4.67. The Morgan fingerprint density at radius 3 is 2.86 bits per heavy atom. The molecule has 3 aromatic rings. The quantitative estimate of drug-likeness (QED) is 0.797. The molecule has 0 radical (unpaired) electrons. The molecule has 0 fully saturated rings.